The molecule has 0 unspecified atom stereocenters. The molecule has 36 heavy (non-hydrogen) atoms. The summed E-state index contributed by atoms with van der Waals surface area (Å²) in [6, 6.07) is 18.2. The minimum atomic E-state index is -0.0829. The normalized spacial score (nSPS) is 16.9. The SMILES string of the molecule is Cc1cccc2cc(CN(C[C@H]3CCCO3)[C@@H](c3nnnn3Cc3ccccc3)C(C)C)c(=O)[nH]c12. The molecule has 1 fully saturated rings. The van der Waals surface area contributed by atoms with Crippen molar-refractivity contribution in [2.75, 3.05) is 13.2 Å². The number of aryl methyl sites for hydroxylation is 1. The number of para-hydroxylation sites is 1. The maximum atomic E-state index is 13.2. The maximum Gasteiger partial charge on any atom is 0.252 e. The quantitative estimate of drug-likeness (QED) is 0.381. The van der Waals surface area contributed by atoms with Gasteiger partial charge < -0.3 is 9.72 Å². The summed E-state index contributed by atoms with van der Waals surface area (Å²) < 4.78 is 7.91. The zero-order chi connectivity index (χ0) is 25.1. The van der Waals surface area contributed by atoms with Crippen LogP contribution in [0.1, 0.15) is 55.2 Å². The number of pyridine rings is 1. The average molecular weight is 487 g/mol. The van der Waals surface area contributed by atoms with E-state index < -0.39 is 0 Å². The van der Waals surface area contributed by atoms with Gasteiger partial charge in [-0.3, -0.25) is 9.69 Å². The van der Waals surface area contributed by atoms with E-state index in [9.17, 15) is 4.79 Å². The number of hydrogen-bond donors (Lipinski definition) is 1. The first kappa shape index (κ1) is 24.3. The molecule has 0 radical (unpaired) electrons. The monoisotopic (exact) mass is 486 g/mol. The maximum absolute atomic E-state index is 13.2. The molecule has 0 saturated carbocycles. The van der Waals surface area contributed by atoms with Crippen LogP contribution in [0.3, 0.4) is 0 Å². The Hall–Kier alpha value is -3.36. The molecule has 1 aliphatic heterocycles. The topological polar surface area (TPSA) is 88.9 Å². The van der Waals surface area contributed by atoms with Crippen LogP contribution in [0.5, 0.6) is 0 Å². The van der Waals surface area contributed by atoms with Gasteiger partial charge in [0.1, 0.15) is 0 Å². The number of rotatable bonds is 9. The highest BCUT2D eigenvalue weighted by Crippen LogP contribution is 2.30. The Morgan fingerprint density at radius 3 is 2.75 bits per heavy atom. The van der Waals surface area contributed by atoms with Gasteiger partial charge in [0.2, 0.25) is 0 Å². The van der Waals surface area contributed by atoms with E-state index in [1.807, 2.05) is 54.1 Å². The molecule has 8 nitrogen and oxygen atoms in total. The summed E-state index contributed by atoms with van der Waals surface area (Å²) in [7, 11) is 0. The minimum Gasteiger partial charge on any atom is -0.377 e. The Labute approximate surface area is 211 Å². The minimum absolute atomic E-state index is 0.0551. The van der Waals surface area contributed by atoms with E-state index in [-0.39, 0.29) is 23.6 Å². The highest BCUT2D eigenvalue weighted by atomic mass is 16.5. The van der Waals surface area contributed by atoms with Crippen molar-refractivity contribution in [2.24, 2.45) is 5.92 Å². The number of fused-ring (bicyclic) bond motifs is 1. The lowest BCUT2D eigenvalue weighted by Crippen LogP contribution is -2.40. The first-order chi connectivity index (χ1) is 17.5. The van der Waals surface area contributed by atoms with Gasteiger partial charge in [-0.25, -0.2) is 4.68 Å². The molecule has 0 amide bonds. The summed E-state index contributed by atoms with van der Waals surface area (Å²) >= 11 is 0. The molecule has 1 N–H and O–H groups in total. The van der Waals surface area contributed by atoms with E-state index in [4.69, 9.17) is 4.74 Å². The van der Waals surface area contributed by atoms with E-state index >= 15 is 0 Å². The Morgan fingerprint density at radius 1 is 1.17 bits per heavy atom. The standard InChI is InChI=1S/C28H34N6O2/c1-19(2)26(27-30-31-32-34(27)16-21-10-5-4-6-11-21)33(18-24-13-8-14-36-24)17-23-15-22-12-7-9-20(3)25(22)29-28(23)35/h4-7,9-12,15,19,24,26H,8,13-14,16-18H2,1-3H3,(H,29,35)/t24-,26-/m1/s1. The highest BCUT2D eigenvalue weighted by molar-refractivity contribution is 5.81. The first-order valence-electron chi connectivity index (χ1n) is 12.8. The Morgan fingerprint density at radius 2 is 2.00 bits per heavy atom. The fraction of sp³-hybridized carbons (Fsp3) is 0.429. The number of nitrogens with one attached hydrogen (secondary N) is 1. The van der Waals surface area contributed by atoms with Gasteiger partial charge in [-0.1, -0.05) is 62.4 Å². The molecule has 1 saturated heterocycles. The van der Waals surface area contributed by atoms with Crippen LogP contribution in [0.2, 0.25) is 0 Å². The van der Waals surface area contributed by atoms with Crippen LogP contribution >= 0.6 is 0 Å². The summed E-state index contributed by atoms with van der Waals surface area (Å²) in [6.07, 6.45) is 2.21. The highest BCUT2D eigenvalue weighted by Gasteiger charge is 2.32. The largest absolute Gasteiger partial charge is 0.377 e. The van der Waals surface area contributed by atoms with E-state index in [1.165, 1.54) is 0 Å². The van der Waals surface area contributed by atoms with Gasteiger partial charge in [-0.15, -0.1) is 5.10 Å². The number of aromatic nitrogens is 5. The third-order valence-corrected chi connectivity index (χ3v) is 7.02. The molecular formula is C28H34N6O2. The van der Waals surface area contributed by atoms with Gasteiger partial charge in [-0.05, 0) is 58.7 Å². The Kier molecular flexibility index (Phi) is 7.25. The third kappa shape index (κ3) is 5.24. The molecular weight excluding hydrogens is 452 g/mol. The molecule has 0 spiro atoms. The molecule has 3 heterocycles. The van der Waals surface area contributed by atoms with Gasteiger partial charge in [0.05, 0.1) is 24.2 Å². The summed E-state index contributed by atoms with van der Waals surface area (Å²) in [5, 5.41) is 13.9. The van der Waals surface area contributed by atoms with Gasteiger partial charge in [0.15, 0.2) is 5.82 Å². The molecule has 2 atom stereocenters. The van der Waals surface area contributed by atoms with E-state index in [1.54, 1.807) is 0 Å². The van der Waals surface area contributed by atoms with Crippen LogP contribution in [0, 0.1) is 12.8 Å². The van der Waals surface area contributed by atoms with Crippen molar-refractivity contribution in [3.05, 3.63) is 87.5 Å². The Bertz CT molecular complexity index is 1360. The van der Waals surface area contributed by atoms with Crippen LogP contribution in [-0.4, -0.2) is 49.3 Å². The van der Waals surface area contributed by atoms with Crippen molar-refractivity contribution in [1.29, 1.82) is 0 Å². The molecule has 4 aromatic rings. The summed E-state index contributed by atoms with van der Waals surface area (Å²) in [5.74, 6) is 1.02. The number of aromatic amines is 1. The molecule has 5 rings (SSSR count). The first-order valence-corrected chi connectivity index (χ1v) is 12.8. The second-order valence-corrected chi connectivity index (χ2v) is 10.1. The predicted molar refractivity (Wildman–Crippen MR) is 140 cm³/mol. The number of H-pyrrole nitrogens is 1. The fourth-order valence-electron chi connectivity index (χ4n) is 5.27. The van der Waals surface area contributed by atoms with E-state index in [2.05, 4.69) is 51.4 Å². The van der Waals surface area contributed by atoms with Crippen LogP contribution < -0.4 is 5.56 Å². The Balaban J connectivity index is 1.51. The second-order valence-electron chi connectivity index (χ2n) is 10.1. The van der Waals surface area contributed by atoms with Crippen molar-refractivity contribution in [3.8, 4) is 0 Å². The lowest BCUT2D eigenvalue weighted by atomic mass is 9.99. The lowest BCUT2D eigenvalue weighted by Gasteiger charge is -2.35. The number of benzene rings is 2. The van der Waals surface area contributed by atoms with E-state index in [0.29, 0.717) is 19.6 Å². The smallest absolute Gasteiger partial charge is 0.252 e. The van der Waals surface area contributed by atoms with Crippen molar-refractivity contribution in [1.82, 2.24) is 30.1 Å². The number of tetrazole rings is 1. The van der Waals surface area contributed by atoms with Gasteiger partial charge in [0.25, 0.3) is 5.56 Å². The van der Waals surface area contributed by atoms with Crippen LogP contribution in [0.25, 0.3) is 10.9 Å². The fourth-order valence-corrected chi connectivity index (χ4v) is 5.27. The predicted octanol–water partition coefficient (Wildman–Crippen LogP) is 4.25. The van der Waals surface area contributed by atoms with Crippen LogP contribution in [0.15, 0.2) is 59.4 Å². The van der Waals surface area contributed by atoms with Gasteiger partial charge >= 0.3 is 0 Å². The molecule has 8 heteroatoms. The average Bonchev–Trinajstić information content (AvgIpc) is 3.53. The summed E-state index contributed by atoms with van der Waals surface area (Å²) in [5.41, 5.74) is 3.77. The summed E-state index contributed by atoms with van der Waals surface area (Å²) in [4.78, 5) is 18.6. The van der Waals surface area contributed by atoms with E-state index in [0.717, 1.165) is 52.9 Å². The van der Waals surface area contributed by atoms with Crippen LogP contribution in [0.4, 0.5) is 0 Å². The molecule has 1 aliphatic rings. The second kappa shape index (κ2) is 10.7. The van der Waals surface area contributed by atoms with Crippen molar-refractivity contribution in [2.45, 2.75) is 58.8 Å². The lowest BCUT2D eigenvalue weighted by molar-refractivity contribution is 0.0385. The van der Waals surface area contributed by atoms with Crippen LogP contribution in [-0.2, 0) is 17.8 Å². The number of nitrogens with zero attached hydrogens (tertiary/aromatic N) is 5. The molecule has 2 aromatic heterocycles. The zero-order valence-corrected chi connectivity index (χ0v) is 21.2. The molecule has 0 aliphatic carbocycles. The van der Waals surface area contributed by atoms with Gasteiger partial charge in [-0.2, -0.15) is 0 Å². The summed E-state index contributed by atoms with van der Waals surface area (Å²) in [6.45, 7) is 8.96. The number of ether oxygens (including phenoxy) is 1. The van der Waals surface area contributed by atoms with Crippen molar-refractivity contribution >= 4 is 10.9 Å². The molecule has 0 bridgehead atoms. The zero-order valence-electron chi connectivity index (χ0n) is 21.2. The third-order valence-electron chi connectivity index (χ3n) is 7.02. The molecule has 188 valence electrons. The van der Waals surface area contributed by atoms with Crippen molar-refractivity contribution < 1.29 is 4.74 Å². The van der Waals surface area contributed by atoms with Gasteiger partial charge in [0, 0.05) is 25.3 Å². The number of hydrogen-bond acceptors (Lipinski definition) is 6. The van der Waals surface area contributed by atoms with Crippen molar-refractivity contribution in [3.63, 3.8) is 0 Å². The molecule has 2 aromatic carbocycles.